The summed E-state index contributed by atoms with van der Waals surface area (Å²) >= 11 is 0. The Morgan fingerprint density at radius 2 is 2.05 bits per heavy atom. The molecular weight excluding hydrogens is 247 g/mol. The highest BCUT2D eigenvalue weighted by molar-refractivity contribution is 5.73. The molecule has 4 heteroatoms. The van der Waals surface area contributed by atoms with Crippen LogP contribution in [-0.4, -0.2) is 25.1 Å². The predicted molar refractivity (Wildman–Crippen MR) is 66.8 cm³/mol. The van der Waals surface area contributed by atoms with Crippen molar-refractivity contribution < 1.29 is 18.6 Å². The third-order valence-corrected chi connectivity index (χ3v) is 4.11. The maximum absolute atomic E-state index is 13.4. The molecule has 3 nitrogen and oxygen atoms in total. The molecule has 2 heterocycles. The van der Waals surface area contributed by atoms with Crippen LogP contribution in [0.5, 0.6) is 0 Å². The average molecular weight is 262 g/mol. The van der Waals surface area contributed by atoms with E-state index in [2.05, 4.69) is 6.08 Å². The van der Waals surface area contributed by atoms with Crippen LogP contribution in [0.25, 0.3) is 5.57 Å². The van der Waals surface area contributed by atoms with Gasteiger partial charge in [0.05, 0.1) is 25.9 Å². The van der Waals surface area contributed by atoms with Gasteiger partial charge in [-0.25, -0.2) is 4.39 Å². The fourth-order valence-electron chi connectivity index (χ4n) is 3.17. The molecule has 0 amide bonds. The molecule has 0 bridgehead atoms. The van der Waals surface area contributed by atoms with Gasteiger partial charge in [-0.2, -0.15) is 0 Å². The largest absolute Gasteiger partial charge is 0.369 e. The van der Waals surface area contributed by atoms with Crippen LogP contribution in [0.3, 0.4) is 0 Å². The highest BCUT2D eigenvalue weighted by atomic mass is 19.1. The smallest absolute Gasteiger partial charge is 0.174 e. The van der Waals surface area contributed by atoms with Gasteiger partial charge in [-0.05, 0) is 28.8 Å². The van der Waals surface area contributed by atoms with Crippen molar-refractivity contribution in [2.75, 3.05) is 13.2 Å². The Labute approximate surface area is 111 Å². The molecule has 0 N–H and O–H groups in total. The van der Waals surface area contributed by atoms with Crippen molar-refractivity contribution in [1.82, 2.24) is 0 Å². The normalized spacial score (nSPS) is 27.8. The molecule has 0 saturated carbocycles. The zero-order chi connectivity index (χ0) is 12.9. The summed E-state index contributed by atoms with van der Waals surface area (Å²) in [6.45, 7) is 1.80. The van der Waals surface area contributed by atoms with Gasteiger partial charge < -0.3 is 14.2 Å². The second-order valence-electron chi connectivity index (χ2n) is 5.28. The van der Waals surface area contributed by atoms with Crippen LogP contribution in [0.1, 0.15) is 24.0 Å². The fraction of sp³-hybridized carbons (Fsp3) is 0.467. The monoisotopic (exact) mass is 262 g/mol. The van der Waals surface area contributed by atoms with Crippen molar-refractivity contribution in [3.63, 3.8) is 0 Å². The molecule has 2 aliphatic heterocycles. The van der Waals surface area contributed by atoms with E-state index in [0.29, 0.717) is 32.7 Å². The van der Waals surface area contributed by atoms with Gasteiger partial charge in [0.2, 0.25) is 0 Å². The summed E-state index contributed by atoms with van der Waals surface area (Å²) in [7, 11) is 0. The summed E-state index contributed by atoms with van der Waals surface area (Å²) < 4.78 is 30.8. The van der Waals surface area contributed by atoms with Gasteiger partial charge in [-0.15, -0.1) is 0 Å². The third kappa shape index (κ3) is 1.83. The van der Waals surface area contributed by atoms with E-state index in [4.69, 9.17) is 14.2 Å². The summed E-state index contributed by atoms with van der Waals surface area (Å²) in [6.07, 6.45) is 3.42. The van der Waals surface area contributed by atoms with E-state index in [-0.39, 0.29) is 11.9 Å². The maximum Gasteiger partial charge on any atom is 0.174 e. The Morgan fingerprint density at radius 1 is 1.21 bits per heavy atom. The second-order valence-corrected chi connectivity index (χ2v) is 5.28. The molecule has 0 radical (unpaired) electrons. The van der Waals surface area contributed by atoms with Crippen molar-refractivity contribution in [1.29, 1.82) is 0 Å². The molecule has 1 aliphatic carbocycles. The summed E-state index contributed by atoms with van der Waals surface area (Å²) in [5.41, 5.74) is 3.10. The Morgan fingerprint density at radius 3 is 2.89 bits per heavy atom. The average Bonchev–Trinajstić information content (AvgIpc) is 2.86. The molecule has 19 heavy (non-hydrogen) atoms. The molecule has 0 aromatic heterocycles. The first-order valence-electron chi connectivity index (χ1n) is 6.64. The lowest BCUT2D eigenvalue weighted by molar-refractivity contribution is -0.178. The molecule has 1 fully saturated rings. The molecule has 1 atom stereocenters. The van der Waals surface area contributed by atoms with Crippen LogP contribution in [-0.2, 0) is 20.8 Å². The molecule has 0 unspecified atom stereocenters. The number of fused-ring (bicyclic) bond motifs is 3. The summed E-state index contributed by atoms with van der Waals surface area (Å²) in [5.74, 6) is -0.715. The lowest BCUT2D eigenvalue weighted by Crippen LogP contribution is -2.40. The topological polar surface area (TPSA) is 27.7 Å². The Hall–Kier alpha value is -1.23. The van der Waals surface area contributed by atoms with Crippen molar-refractivity contribution >= 4 is 5.57 Å². The first-order chi connectivity index (χ1) is 9.26. The Kier molecular flexibility index (Phi) is 2.52. The summed E-state index contributed by atoms with van der Waals surface area (Å²) in [5, 5.41) is 0. The Balaban J connectivity index is 1.73. The quantitative estimate of drug-likeness (QED) is 0.719. The van der Waals surface area contributed by atoms with E-state index >= 15 is 0 Å². The molecule has 100 valence electrons. The van der Waals surface area contributed by atoms with E-state index in [1.165, 1.54) is 6.07 Å². The molecule has 1 aromatic rings. The molecule has 1 spiro atoms. The first-order valence-corrected chi connectivity index (χ1v) is 6.64. The lowest BCUT2D eigenvalue weighted by atomic mass is 9.84. The van der Waals surface area contributed by atoms with Crippen LogP contribution in [0.15, 0.2) is 24.3 Å². The first kappa shape index (κ1) is 11.6. The highest BCUT2D eigenvalue weighted by Gasteiger charge is 2.43. The van der Waals surface area contributed by atoms with Crippen molar-refractivity contribution in [3.05, 3.63) is 41.2 Å². The van der Waals surface area contributed by atoms with Crippen molar-refractivity contribution in [3.8, 4) is 0 Å². The van der Waals surface area contributed by atoms with Gasteiger partial charge in [-0.1, -0.05) is 12.1 Å². The van der Waals surface area contributed by atoms with Crippen LogP contribution in [0.4, 0.5) is 4.39 Å². The fourth-order valence-corrected chi connectivity index (χ4v) is 3.17. The van der Waals surface area contributed by atoms with Gasteiger partial charge >= 0.3 is 0 Å². The van der Waals surface area contributed by atoms with Gasteiger partial charge in [0, 0.05) is 12.8 Å². The van der Waals surface area contributed by atoms with Crippen LogP contribution in [0, 0.1) is 5.82 Å². The zero-order valence-electron chi connectivity index (χ0n) is 10.5. The zero-order valence-corrected chi connectivity index (χ0v) is 10.5. The molecule has 1 aromatic carbocycles. The minimum atomic E-state index is -0.515. The Bertz CT molecular complexity index is 546. The van der Waals surface area contributed by atoms with E-state index in [1.807, 2.05) is 0 Å². The summed E-state index contributed by atoms with van der Waals surface area (Å²) in [4.78, 5) is 0. The standard InChI is InChI=1S/C15H15FO3/c16-11-2-1-10-9-17-14-8-15(18-5-6-19-15)4-3-12(14)13(10)7-11/h1-3,7,14H,4-6,8-9H2/t14-/m1/s1. The van der Waals surface area contributed by atoms with Crippen LogP contribution in [0.2, 0.25) is 0 Å². The molecule has 3 aliphatic rings. The van der Waals surface area contributed by atoms with Gasteiger partial charge in [0.15, 0.2) is 5.79 Å². The number of benzene rings is 1. The lowest BCUT2D eigenvalue weighted by Gasteiger charge is -2.38. The number of halogens is 1. The van der Waals surface area contributed by atoms with Crippen LogP contribution >= 0.6 is 0 Å². The number of hydrogen-bond acceptors (Lipinski definition) is 3. The van der Waals surface area contributed by atoms with E-state index in [0.717, 1.165) is 16.7 Å². The number of rotatable bonds is 0. The molecule has 4 rings (SSSR count). The number of ether oxygens (including phenoxy) is 3. The molecule has 1 saturated heterocycles. The third-order valence-electron chi connectivity index (χ3n) is 4.11. The SMILES string of the molecule is Fc1ccc2c(c1)C1=CCC3(C[C@H]1OC2)OCCO3. The van der Waals surface area contributed by atoms with Crippen molar-refractivity contribution in [2.24, 2.45) is 0 Å². The predicted octanol–water partition coefficient (Wildman–Crippen LogP) is 2.64. The van der Waals surface area contributed by atoms with E-state index in [9.17, 15) is 4.39 Å². The minimum Gasteiger partial charge on any atom is -0.369 e. The van der Waals surface area contributed by atoms with Crippen molar-refractivity contribution in [2.45, 2.75) is 31.3 Å². The van der Waals surface area contributed by atoms with Gasteiger partial charge in [-0.3, -0.25) is 0 Å². The van der Waals surface area contributed by atoms with E-state index < -0.39 is 5.79 Å². The molecular formula is C15H15FO3. The minimum absolute atomic E-state index is 0.0545. The number of hydrogen-bond donors (Lipinski definition) is 0. The second kappa shape index (κ2) is 4.13. The van der Waals surface area contributed by atoms with Gasteiger partial charge in [0.25, 0.3) is 0 Å². The van der Waals surface area contributed by atoms with E-state index in [1.54, 1.807) is 12.1 Å². The maximum atomic E-state index is 13.4. The van der Waals surface area contributed by atoms with Gasteiger partial charge in [0.1, 0.15) is 5.82 Å². The summed E-state index contributed by atoms with van der Waals surface area (Å²) in [6, 6.07) is 4.89. The highest BCUT2D eigenvalue weighted by Crippen LogP contribution is 2.43. The van der Waals surface area contributed by atoms with Crippen LogP contribution < -0.4 is 0 Å².